The summed E-state index contributed by atoms with van der Waals surface area (Å²) in [7, 11) is 0. The normalized spacial score (nSPS) is 11.7. The number of rotatable bonds is 7. The molecule has 33 heavy (non-hydrogen) atoms. The molecular weight excluding hydrogens is 451 g/mol. The van der Waals surface area contributed by atoms with Crippen molar-refractivity contribution in [3.05, 3.63) is 77.5 Å². The topological polar surface area (TPSA) is 65.6 Å². The lowest BCUT2D eigenvalue weighted by Crippen LogP contribution is -2.09. The molecule has 0 saturated carbocycles. The molecule has 170 valence electrons. The van der Waals surface area contributed by atoms with E-state index in [4.69, 9.17) is 0 Å². The van der Waals surface area contributed by atoms with E-state index in [0.717, 1.165) is 29.6 Å². The van der Waals surface area contributed by atoms with Crippen molar-refractivity contribution in [2.45, 2.75) is 31.7 Å². The Morgan fingerprint density at radius 1 is 1.03 bits per heavy atom. The lowest BCUT2D eigenvalue weighted by Gasteiger charge is -2.13. The maximum Gasteiger partial charge on any atom is 0.416 e. The SMILES string of the molecule is CCn1nc(C)cc1-c1nnc(SCC(=O)c2ccccc2)n1-c1cccc(C(F)(F)F)c1. The van der Waals surface area contributed by atoms with Crippen molar-refractivity contribution >= 4 is 17.5 Å². The van der Waals surface area contributed by atoms with Gasteiger partial charge in [0, 0.05) is 12.1 Å². The van der Waals surface area contributed by atoms with Gasteiger partial charge in [-0.15, -0.1) is 10.2 Å². The quantitative estimate of drug-likeness (QED) is 0.265. The van der Waals surface area contributed by atoms with Gasteiger partial charge in [0.15, 0.2) is 16.8 Å². The lowest BCUT2D eigenvalue weighted by molar-refractivity contribution is -0.137. The number of nitrogens with zero attached hydrogens (tertiary/aromatic N) is 5. The van der Waals surface area contributed by atoms with Crippen LogP contribution in [0.25, 0.3) is 17.2 Å². The summed E-state index contributed by atoms with van der Waals surface area (Å²) in [5, 5.41) is 13.2. The number of aromatic nitrogens is 5. The van der Waals surface area contributed by atoms with E-state index in [9.17, 15) is 18.0 Å². The number of Topliss-reactive ketones (excluding diaryl/α,β-unsaturated/α-hetero) is 1. The summed E-state index contributed by atoms with van der Waals surface area (Å²) in [6, 6.07) is 15.6. The first-order valence-corrected chi connectivity index (χ1v) is 11.2. The Labute approximate surface area is 192 Å². The minimum atomic E-state index is -4.50. The predicted molar refractivity (Wildman–Crippen MR) is 119 cm³/mol. The van der Waals surface area contributed by atoms with E-state index < -0.39 is 11.7 Å². The smallest absolute Gasteiger partial charge is 0.293 e. The van der Waals surface area contributed by atoms with E-state index in [1.807, 2.05) is 19.9 Å². The van der Waals surface area contributed by atoms with E-state index in [-0.39, 0.29) is 17.2 Å². The zero-order chi connectivity index (χ0) is 23.6. The Bertz CT molecular complexity index is 1280. The summed E-state index contributed by atoms with van der Waals surface area (Å²) in [4.78, 5) is 12.6. The molecule has 0 radical (unpaired) electrons. The highest BCUT2D eigenvalue weighted by molar-refractivity contribution is 7.99. The van der Waals surface area contributed by atoms with Crippen molar-refractivity contribution in [1.29, 1.82) is 0 Å². The zero-order valence-corrected chi connectivity index (χ0v) is 18.7. The molecule has 0 atom stereocenters. The third-order valence-electron chi connectivity index (χ3n) is 4.92. The van der Waals surface area contributed by atoms with Crippen LogP contribution in [0.15, 0.2) is 65.8 Å². The van der Waals surface area contributed by atoms with E-state index >= 15 is 0 Å². The summed E-state index contributed by atoms with van der Waals surface area (Å²) >= 11 is 1.12. The highest BCUT2D eigenvalue weighted by Gasteiger charge is 2.31. The largest absolute Gasteiger partial charge is 0.416 e. The zero-order valence-electron chi connectivity index (χ0n) is 17.9. The fourth-order valence-electron chi connectivity index (χ4n) is 3.39. The summed E-state index contributed by atoms with van der Waals surface area (Å²) in [5.41, 5.74) is 1.40. The second-order valence-electron chi connectivity index (χ2n) is 7.25. The van der Waals surface area contributed by atoms with Crippen LogP contribution in [-0.4, -0.2) is 36.1 Å². The van der Waals surface area contributed by atoms with Crippen molar-refractivity contribution < 1.29 is 18.0 Å². The molecule has 0 aliphatic heterocycles. The Hall–Kier alpha value is -3.40. The van der Waals surface area contributed by atoms with Gasteiger partial charge in [0.25, 0.3) is 0 Å². The third-order valence-corrected chi connectivity index (χ3v) is 5.85. The highest BCUT2D eigenvalue weighted by atomic mass is 32.2. The maximum atomic E-state index is 13.4. The lowest BCUT2D eigenvalue weighted by atomic mass is 10.2. The van der Waals surface area contributed by atoms with Crippen molar-refractivity contribution in [3.63, 3.8) is 0 Å². The molecule has 0 N–H and O–H groups in total. The summed E-state index contributed by atoms with van der Waals surface area (Å²) in [6.45, 7) is 4.29. The van der Waals surface area contributed by atoms with Crippen LogP contribution >= 0.6 is 11.8 Å². The molecule has 0 spiro atoms. The third kappa shape index (κ3) is 4.85. The predicted octanol–water partition coefficient (Wildman–Crippen LogP) is 5.45. The highest BCUT2D eigenvalue weighted by Crippen LogP contribution is 2.33. The molecule has 0 amide bonds. The minimum absolute atomic E-state index is 0.0627. The average molecular weight is 472 g/mol. The fraction of sp³-hybridized carbons (Fsp3) is 0.217. The van der Waals surface area contributed by atoms with Crippen molar-refractivity contribution in [1.82, 2.24) is 24.5 Å². The molecule has 2 aromatic heterocycles. The number of halogens is 3. The first-order valence-electron chi connectivity index (χ1n) is 10.2. The number of carbonyl (C=O) groups is 1. The van der Waals surface area contributed by atoms with Gasteiger partial charge >= 0.3 is 6.18 Å². The molecule has 10 heteroatoms. The number of carbonyl (C=O) groups excluding carboxylic acids is 1. The summed E-state index contributed by atoms with van der Waals surface area (Å²) < 4.78 is 43.4. The number of thioether (sulfide) groups is 1. The van der Waals surface area contributed by atoms with Gasteiger partial charge in [-0.1, -0.05) is 48.2 Å². The molecule has 0 bridgehead atoms. The van der Waals surface area contributed by atoms with E-state index in [0.29, 0.717) is 28.8 Å². The number of ketones is 1. The molecule has 4 rings (SSSR count). The Kier molecular flexibility index (Phi) is 6.37. The monoisotopic (exact) mass is 471 g/mol. The fourth-order valence-corrected chi connectivity index (χ4v) is 4.23. The Balaban J connectivity index is 1.78. The van der Waals surface area contributed by atoms with Crippen molar-refractivity contribution in [2.24, 2.45) is 0 Å². The van der Waals surface area contributed by atoms with Crippen LogP contribution in [0.4, 0.5) is 13.2 Å². The molecule has 2 heterocycles. The number of aryl methyl sites for hydroxylation is 2. The average Bonchev–Trinajstić information content (AvgIpc) is 3.40. The van der Waals surface area contributed by atoms with Crippen molar-refractivity contribution in [2.75, 3.05) is 5.75 Å². The minimum Gasteiger partial charge on any atom is -0.293 e. The molecule has 6 nitrogen and oxygen atoms in total. The Morgan fingerprint density at radius 3 is 2.48 bits per heavy atom. The van der Waals surface area contributed by atoms with E-state index in [1.54, 1.807) is 45.6 Å². The molecular formula is C23H20F3N5OS. The number of benzene rings is 2. The maximum absolute atomic E-state index is 13.4. The number of alkyl halides is 3. The van der Waals surface area contributed by atoms with Gasteiger partial charge in [-0.05, 0) is 38.1 Å². The summed E-state index contributed by atoms with van der Waals surface area (Å²) in [5.74, 6) is 0.300. The van der Waals surface area contributed by atoms with Crippen molar-refractivity contribution in [3.8, 4) is 17.2 Å². The Morgan fingerprint density at radius 2 is 1.79 bits per heavy atom. The first kappa shape index (κ1) is 22.8. The summed E-state index contributed by atoms with van der Waals surface area (Å²) in [6.07, 6.45) is -4.50. The molecule has 2 aromatic carbocycles. The second-order valence-corrected chi connectivity index (χ2v) is 8.20. The molecule has 4 aromatic rings. The van der Waals surface area contributed by atoms with Crippen LogP contribution in [0.2, 0.25) is 0 Å². The molecule has 0 fully saturated rings. The van der Waals surface area contributed by atoms with Gasteiger partial charge in [-0.25, -0.2) is 0 Å². The van der Waals surface area contributed by atoms with Gasteiger partial charge in [0.1, 0.15) is 5.69 Å². The molecule has 0 saturated heterocycles. The van der Waals surface area contributed by atoms with Crippen LogP contribution < -0.4 is 0 Å². The standard InChI is InChI=1S/C23H20F3N5OS/c1-3-30-19(12-15(2)29-30)21-27-28-22(33-14-20(32)16-8-5-4-6-9-16)31(21)18-11-7-10-17(13-18)23(24,25)26/h4-13H,3,14H2,1-2H3. The van der Waals surface area contributed by atoms with Crippen LogP contribution in [0, 0.1) is 6.92 Å². The van der Waals surface area contributed by atoms with Crippen LogP contribution in [0.5, 0.6) is 0 Å². The van der Waals surface area contributed by atoms with Gasteiger partial charge in [-0.3, -0.25) is 14.0 Å². The van der Waals surface area contributed by atoms with Gasteiger partial charge < -0.3 is 0 Å². The first-order chi connectivity index (χ1) is 15.8. The van der Waals surface area contributed by atoms with Gasteiger partial charge in [-0.2, -0.15) is 18.3 Å². The number of hydrogen-bond acceptors (Lipinski definition) is 5. The van der Waals surface area contributed by atoms with E-state index in [1.165, 1.54) is 6.07 Å². The van der Waals surface area contributed by atoms with Gasteiger partial charge in [0.05, 0.1) is 22.7 Å². The molecule has 0 unspecified atom stereocenters. The van der Waals surface area contributed by atoms with E-state index in [2.05, 4.69) is 15.3 Å². The molecule has 0 aliphatic rings. The van der Waals surface area contributed by atoms with Gasteiger partial charge in [0.2, 0.25) is 0 Å². The number of hydrogen-bond donors (Lipinski definition) is 0. The molecule has 0 aliphatic carbocycles. The van der Waals surface area contributed by atoms with Crippen LogP contribution in [0.1, 0.15) is 28.5 Å². The van der Waals surface area contributed by atoms with Crippen LogP contribution in [-0.2, 0) is 12.7 Å². The second kappa shape index (κ2) is 9.22. The van der Waals surface area contributed by atoms with Crippen LogP contribution in [0.3, 0.4) is 0 Å².